The molecular weight excluding hydrogens is 393 g/mol. The van der Waals surface area contributed by atoms with E-state index in [1.165, 1.54) is 0 Å². The second-order valence-corrected chi connectivity index (χ2v) is 7.01. The molecule has 4 amide bonds. The zero-order valence-corrected chi connectivity index (χ0v) is 14.0. The second kappa shape index (κ2) is 7.48. The largest absolute Gasteiger partial charge is 0.332 e. The highest BCUT2D eigenvalue weighted by Gasteiger charge is 2.42. The van der Waals surface area contributed by atoms with Crippen LogP contribution in [0.5, 0.6) is 0 Å². The number of hydrogen-bond acceptors (Lipinski definition) is 4. The van der Waals surface area contributed by atoms with Crippen LogP contribution in [0.25, 0.3) is 0 Å². The number of thioether (sulfide) groups is 1. The number of carbonyl (C=O) groups is 3. The van der Waals surface area contributed by atoms with Gasteiger partial charge in [-0.2, -0.15) is 11.8 Å². The monoisotopic (exact) mass is 411 g/mol. The Morgan fingerprint density at radius 2 is 2.10 bits per heavy atom. The predicted molar refractivity (Wildman–Crippen MR) is 86.0 cm³/mol. The number of alkyl halides is 1. The molecule has 3 N–H and O–H groups in total. The summed E-state index contributed by atoms with van der Waals surface area (Å²) in [5, 5.41) is 8.63. The molecule has 0 aromatic rings. The molecular formula is C12H18IN3O3S. The zero-order chi connectivity index (χ0) is 14.5. The highest BCUT2D eigenvalue weighted by atomic mass is 127. The average Bonchev–Trinajstić information content (AvgIpc) is 2.94. The van der Waals surface area contributed by atoms with E-state index in [0.717, 1.165) is 25.0 Å². The summed E-state index contributed by atoms with van der Waals surface area (Å²) in [4.78, 5) is 33.7. The Morgan fingerprint density at radius 1 is 1.30 bits per heavy atom. The average molecular weight is 411 g/mol. The van der Waals surface area contributed by atoms with Gasteiger partial charge in [0, 0.05) is 17.4 Å². The van der Waals surface area contributed by atoms with Crippen molar-refractivity contribution in [3.63, 3.8) is 0 Å². The van der Waals surface area contributed by atoms with Gasteiger partial charge in [-0.1, -0.05) is 29.0 Å². The summed E-state index contributed by atoms with van der Waals surface area (Å²) in [6.07, 6.45) is 3.08. The van der Waals surface area contributed by atoms with Crippen LogP contribution < -0.4 is 16.0 Å². The van der Waals surface area contributed by atoms with Crippen LogP contribution in [0.1, 0.15) is 25.7 Å². The van der Waals surface area contributed by atoms with Gasteiger partial charge in [0.15, 0.2) is 0 Å². The maximum absolute atomic E-state index is 11.4. The molecule has 0 saturated carbocycles. The SMILES string of the molecule is O=C(CI)NC(=O)CCCC[C@@H]1SC[C@@H]2NC(=O)N[C@@H]21. The van der Waals surface area contributed by atoms with E-state index in [9.17, 15) is 14.4 Å². The Balaban J connectivity index is 1.61. The molecule has 8 heteroatoms. The maximum atomic E-state index is 11.4. The molecule has 0 radical (unpaired) electrons. The van der Waals surface area contributed by atoms with Gasteiger partial charge in [-0.3, -0.25) is 14.9 Å². The standard InChI is InChI=1S/C12H18IN3O3S/c13-5-10(18)15-9(17)4-2-1-3-8-11-7(6-20-8)14-12(19)16-11/h7-8,11H,1-6H2,(H2,14,16,19)(H,15,17,18)/t7-,8-,11-/m0/s1. The fourth-order valence-corrected chi connectivity index (χ4v) is 4.26. The van der Waals surface area contributed by atoms with Crippen molar-refractivity contribution in [2.24, 2.45) is 0 Å². The van der Waals surface area contributed by atoms with E-state index in [2.05, 4.69) is 16.0 Å². The van der Waals surface area contributed by atoms with Crippen LogP contribution in [0.2, 0.25) is 0 Å². The summed E-state index contributed by atoms with van der Waals surface area (Å²) < 4.78 is 0.304. The van der Waals surface area contributed by atoms with Gasteiger partial charge in [0.25, 0.3) is 0 Å². The van der Waals surface area contributed by atoms with Gasteiger partial charge >= 0.3 is 6.03 Å². The first-order valence-electron chi connectivity index (χ1n) is 6.67. The first-order valence-corrected chi connectivity index (χ1v) is 9.25. The zero-order valence-electron chi connectivity index (χ0n) is 11.0. The quantitative estimate of drug-likeness (QED) is 0.261. The third-order valence-electron chi connectivity index (χ3n) is 3.48. The number of urea groups is 1. The van der Waals surface area contributed by atoms with Crippen molar-refractivity contribution < 1.29 is 14.4 Å². The molecule has 20 heavy (non-hydrogen) atoms. The fourth-order valence-electron chi connectivity index (χ4n) is 2.53. The molecule has 2 saturated heterocycles. The molecule has 0 aromatic heterocycles. The number of unbranched alkanes of at least 4 members (excludes halogenated alkanes) is 1. The fraction of sp³-hybridized carbons (Fsp3) is 0.750. The molecule has 2 aliphatic rings. The molecule has 3 atom stereocenters. The summed E-state index contributed by atoms with van der Waals surface area (Å²) in [6.45, 7) is 0. The molecule has 6 nitrogen and oxygen atoms in total. The molecule has 2 aliphatic heterocycles. The summed E-state index contributed by atoms with van der Waals surface area (Å²) in [7, 11) is 0. The minimum Gasteiger partial charge on any atom is -0.332 e. The minimum atomic E-state index is -0.232. The van der Waals surface area contributed by atoms with Gasteiger partial charge in [0.1, 0.15) is 0 Å². The number of rotatable bonds is 6. The lowest BCUT2D eigenvalue weighted by molar-refractivity contribution is -0.128. The molecule has 0 aromatic carbocycles. The van der Waals surface area contributed by atoms with E-state index in [1.807, 2.05) is 34.4 Å². The van der Waals surface area contributed by atoms with Crippen LogP contribution in [0, 0.1) is 0 Å². The van der Waals surface area contributed by atoms with E-state index in [-0.39, 0.29) is 29.9 Å². The van der Waals surface area contributed by atoms with Crippen LogP contribution in [0.15, 0.2) is 0 Å². The van der Waals surface area contributed by atoms with Crippen molar-refractivity contribution in [1.82, 2.24) is 16.0 Å². The Labute approximate surface area is 135 Å². The number of fused-ring (bicyclic) bond motifs is 1. The second-order valence-electron chi connectivity index (χ2n) is 4.97. The highest BCUT2D eigenvalue weighted by Crippen LogP contribution is 2.33. The van der Waals surface area contributed by atoms with E-state index in [0.29, 0.717) is 16.1 Å². The number of amides is 4. The number of halogens is 1. The molecule has 0 aliphatic carbocycles. The van der Waals surface area contributed by atoms with Crippen LogP contribution in [0.3, 0.4) is 0 Å². The lowest BCUT2D eigenvalue weighted by Gasteiger charge is -2.16. The van der Waals surface area contributed by atoms with Crippen LogP contribution in [0.4, 0.5) is 4.79 Å². The van der Waals surface area contributed by atoms with Gasteiger partial charge in [0.2, 0.25) is 11.8 Å². The normalized spacial score (nSPS) is 27.6. The molecule has 0 unspecified atom stereocenters. The molecule has 2 fully saturated rings. The third kappa shape index (κ3) is 4.24. The third-order valence-corrected chi connectivity index (χ3v) is 5.68. The summed E-state index contributed by atoms with van der Waals surface area (Å²) in [6, 6.07) is 0.408. The summed E-state index contributed by atoms with van der Waals surface area (Å²) in [5.74, 6) is 0.530. The van der Waals surface area contributed by atoms with E-state index in [4.69, 9.17) is 0 Å². The van der Waals surface area contributed by atoms with Crippen LogP contribution >= 0.6 is 34.4 Å². The van der Waals surface area contributed by atoms with Crippen molar-refractivity contribution in [1.29, 1.82) is 0 Å². The lowest BCUT2D eigenvalue weighted by Crippen LogP contribution is -2.36. The number of nitrogens with one attached hydrogen (secondary N) is 3. The van der Waals surface area contributed by atoms with E-state index < -0.39 is 0 Å². The number of imide groups is 1. The molecule has 2 heterocycles. The summed E-state index contributed by atoms with van der Waals surface area (Å²) in [5.41, 5.74) is 0. The first kappa shape index (κ1) is 15.9. The van der Waals surface area contributed by atoms with E-state index >= 15 is 0 Å². The molecule has 0 spiro atoms. The smallest absolute Gasteiger partial charge is 0.315 e. The molecule has 112 valence electrons. The maximum Gasteiger partial charge on any atom is 0.315 e. The van der Waals surface area contributed by atoms with Crippen molar-refractivity contribution in [2.75, 3.05) is 10.2 Å². The van der Waals surface area contributed by atoms with Crippen molar-refractivity contribution >= 4 is 52.2 Å². The van der Waals surface area contributed by atoms with Gasteiger partial charge < -0.3 is 10.6 Å². The first-order chi connectivity index (χ1) is 9.60. The van der Waals surface area contributed by atoms with Crippen LogP contribution in [-0.2, 0) is 9.59 Å². The topological polar surface area (TPSA) is 87.3 Å². The number of hydrogen-bond donors (Lipinski definition) is 3. The Morgan fingerprint density at radius 3 is 2.85 bits per heavy atom. The van der Waals surface area contributed by atoms with Gasteiger partial charge in [0.05, 0.1) is 16.5 Å². The highest BCUT2D eigenvalue weighted by molar-refractivity contribution is 14.1. The lowest BCUT2D eigenvalue weighted by atomic mass is 10.0. The van der Waals surface area contributed by atoms with Crippen molar-refractivity contribution in [3.8, 4) is 0 Å². The Hall–Kier alpha value is -0.510. The Kier molecular flexibility index (Phi) is 5.94. The Bertz CT molecular complexity index is 407. The predicted octanol–water partition coefficient (Wildman–Crippen LogP) is 0.790. The molecule has 2 rings (SSSR count). The van der Waals surface area contributed by atoms with E-state index in [1.54, 1.807) is 0 Å². The van der Waals surface area contributed by atoms with Crippen molar-refractivity contribution in [2.45, 2.75) is 43.0 Å². The van der Waals surface area contributed by atoms with Crippen molar-refractivity contribution in [3.05, 3.63) is 0 Å². The van der Waals surface area contributed by atoms with Gasteiger partial charge in [-0.05, 0) is 12.8 Å². The summed E-state index contributed by atoms with van der Waals surface area (Å²) >= 11 is 3.80. The minimum absolute atomic E-state index is 0.0676. The molecule has 0 bridgehead atoms. The number of carbonyl (C=O) groups excluding carboxylic acids is 3. The van der Waals surface area contributed by atoms with Gasteiger partial charge in [-0.25, -0.2) is 4.79 Å². The van der Waals surface area contributed by atoms with Crippen LogP contribution in [-0.4, -0.2) is 45.4 Å². The van der Waals surface area contributed by atoms with Gasteiger partial charge in [-0.15, -0.1) is 0 Å².